The molecular weight excluding hydrogens is 270 g/mol. The summed E-state index contributed by atoms with van der Waals surface area (Å²) in [5.41, 5.74) is 0.516. The van der Waals surface area contributed by atoms with Gasteiger partial charge in [-0.3, -0.25) is 0 Å². The van der Waals surface area contributed by atoms with Gasteiger partial charge in [0.05, 0.1) is 33.7 Å². The molecule has 0 aromatic rings. The van der Waals surface area contributed by atoms with Gasteiger partial charge in [0.1, 0.15) is 0 Å². The molecule has 0 spiro atoms. The Kier molecular flexibility index (Phi) is 14.1. The fourth-order valence-electron chi connectivity index (χ4n) is 0.254. The molecule has 0 rings (SSSR count). The Balaban J connectivity index is -0.000000209. The van der Waals surface area contributed by atoms with Crippen LogP contribution in [0.1, 0.15) is 20.8 Å². The van der Waals surface area contributed by atoms with Crippen LogP contribution in [0, 0.1) is 0 Å². The first-order chi connectivity index (χ1) is 8.32. The molecule has 0 atom stereocenters. The number of aliphatic carboxylic acids is 1. The van der Waals surface area contributed by atoms with Crippen LogP contribution in [0.25, 0.3) is 0 Å². The highest BCUT2D eigenvalue weighted by Crippen LogP contribution is 1.91. The van der Waals surface area contributed by atoms with Crippen LogP contribution in [0.2, 0.25) is 0 Å². The number of halogens is 1. The normalized spacial score (nSPS) is 9.00. The van der Waals surface area contributed by atoms with Gasteiger partial charge in [-0.15, -0.1) is 0 Å². The lowest BCUT2D eigenvalue weighted by Crippen LogP contribution is -2.22. The molecule has 0 aliphatic rings. The fourth-order valence-corrected chi connectivity index (χ4v) is 0.254. The zero-order valence-corrected chi connectivity index (χ0v) is 13.3. The highest BCUT2D eigenvalue weighted by molar-refractivity contribution is 6.06. The first-order valence-corrected chi connectivity index (χ1v) is 5.87. The monoisotopic (exact) mass is 293 g/mol. The third-order valence-corrected chi connectivity index (χ3v) is 0.972. The van der Waals surface area contributed by atoms with Crippen molar-refractivity contribution in [3.8, 4) is 0 Å². The summed E-state index contributed by atoms with van der Waals surface area (Å²) >= 11 is 5.47. The first-order valence-electron chi connectivity index (χ1n) is 5.53. The summed E-state index contributed by atoms with van der Waals surface area (Å²) < 4.78 is 5.04. The van der Waals surface area contributed by atoms with E-state index in [0.29, 0.717) is 16.2 Å². The molecule has 0 N–H and O–H groups in total. The summed E-state index contributed by atoms with van der Waals surface area (Å²) in [6, 6.07) is 0. The number of carboxylic acids is 1. The molecule has 0 heterocycles. The maximum absolute atomic E-state index is 10.4. The Morgan fingerprint density at radius 1 is 1.16 bits per heavy atom. The maximum atomic E-state index is 10.4. The van der Waals surface area contributed by atoms with Gasteiger partial charge in [-0.2, -0.15) is 0 Å². The van der Waals surface area contributed by atoms with Gasteiger partial charge in [0.15, 0.2) is 11.8 Å². The molecule has 0 saturated carbocycles. The molecule has 0 aromatic carbocycles. The van der Waals surface area contributed by atoms with Crippen molar-refractivity contribution in [2.45, 2.75) is 20.8 Å². The van der Waals surface area contributed by atoms with E-state index in [1.54, 1.807) is 13.8 Å². The second-order valence-electron chi connectivity index (χ2n) is 4.42. The van der Waals surface area contributed by atoms with E-state index in [1.807, 2.05) is 21.1 Å². The van der Waals surface area contributed by atoms with Crippen molar-refractivity contribution >= 4 is 23.7 Å². The molecule has 0 radical (unpaired) electrons. The molecule has 0 aliphatic heterocycles. The van der Waals surface area contributed by atoms with E-state index in [-0.39, 0.29) is 11.5 Å². The van der Waals surface area contributed by atoms with Crippen LogP contribution in [0.15, 0.2) is 24.3 Å². The predicted octanol–water partition coefficient (Wildman–Crippen LogP) is 1.28. The van der Waals surface area contributed by atoms with E-state index in [1.165, 1.54) is 6.92 Å². The topological polar surface area (TPSA) is 66.4 Å². The van der Waals surface area contributed by atoms with Gasteiger partial charge in [-0.05, 0) is 26.3 Å². The van der Waals surface area contributed by atoms with Gasteiger partial charge in [0.2, 0.25) is 0 Å². The van der Waals surface area contributed by atoms with E-state index in [9.17, 15) is 14.7 Å². The summed E-state index contributed by atoms with van der Waals surface area (Å²) in [7, 11) is 5.67. The number of hydrogen-bond acceptors (Lipinski definition) is 4. The molecule has 0 amide bonds. The number of rotatable bonds is 3. The van der Waals surface area contributed by atoms with Crippen molar-refractivity contribution in [3.63, 3.8) is 0 Å². The Hall–Kier alpha value is -1.33. The number of carbonyl (C=O) groups excluding carboxylic acids is 2. The van der Waals surface area contributed by atoms with Gasteiger partial charge in [0, 0.05) is 5.57 Å². The minimum absolute atomic E-state index is 0.0648. The van der Waals surface area contributed by atoms with Crippen molar-refractivity contribution < 1.29 is 23.4 Å². The molecular formula is C13H24ClNO4. The van der Waals surface area contributed by atoms with Gasteiger partial charge in [-0.1, -0.05) is 13.2 Å². The number of quaternary nitrogens is 1. The zero-order valence-electron chi connectivity index (χ0n) is 12.6. The van der Waals surface area contributed by atoms with E-state index < -0.39 is 5.97 Å². The number of ether oxygens (including phenoxy) is 1. The number of nitrogens with zero attached hydrogens (tertiary/aromatic N) is 1. The summed E-state index contributed by atoms with van der Waals surface area (Å²) in [6.45, 7) is 11.7. The van der Waals surface area contributed by atoms with Crippen molar-refractivity contribution in [2.75, 3.05) is 27.7 Å². The molecule has 5 nitrogen and oxygen atoms in total. The average molecular weight is 294 g/mol. The number of esters is 1. The summed E-state index contributed by atoms with van der Waals surface area (Å²) in [6.07, 6.45) is 0. The summed E-state index contributed by atoms with van der Waals surface area (Å²) in [5, 5.41) is 9.49. The second kappa shape index (κ2) is 11.7. The predicted molar refractivity (Wildman–Crippen MR) is 75.2 cm³/mol. The van der Waals surface area contributed by atoms with Gasteiger partial charge >= 0.3 is 5.97 Å². The second-order valence-corrected chi connectivity index (χ2v) is 5.43. The largest absolute Gasteiger partial charge is 0.545 e. The molecule has 0 fully saturated rings. The van der Waals surface area contributed by atoms with Crippen LogP contribution >= 0.6 is 11.8 Å². The highest BCUT2D eigenvalue weighted by Gasteiger charge is 1.98. The lowest BCUT2D eigenvalue weighted by molar-refractivity contribution is -0.747. The lowest BCUT2D eigenvalue weighted by atomic mass is 10.4. The Labute approximate surface area is 120 Å². The van der Waals surface area contributed by atoms with Gasteiger partial charge in [0.25, 0.3) is 0 Å². The van der Waals surface area contributed by atoms with Gasteiger partial charge in [-0.25, -0.2) is 8.80 Å². The van der Waals surface area contributed by atoms with E-state index >= 15 is 0 Å². The molecule has 0 saturated heterocycles. The van der Waals surface area contributed by atoms with Gasteiger partial charge < -0.3 is 14.6 Å². The standard InChI is InChI=1S/C6H10O2.C4H6O2.C3H9ClN/c1-4-8-6(7)5(2)3;1-3(2)4(5)6;1-5(2,3)4/h2,4H2,1,3H3;1H2,2H3,(H,5,6);1-3H3/q;;+1/p-1. The van der Waals surface area contributed by atoms with Crippen LogP contribution in [-0.4, -0.2) is 43.7 Å². The quantitative estimate of drug-likeness (QED) is 0.447. The zero-order chi connectivity index (χ0) is 16.2. The first kappa shape index (κ1) is 22.8. The van der Waals surface area contributed by atoms with E-state index in [0.717, 1.165) is 0 Å². The smallest absolute Gasteiger partial charge is 0.333 e. The van der Waals surface area contributed by atoms with Crippen molar-refractivity contribution in [1.29, 1.82) is 0 Å². The SMILES string of the molecule is C=C(C)C(=O)OCC.C=C(C)C(=O)[O-].C[N+](C)(C)Cl. The third-order valence-electron chi connectivity index (χ3n) is 0.972. The van der Waals surface area contributed by atoms with Crippen LogP contribution in [0.4, 0.5) is 0 Å². The summed E-state index contributed by atoms with van der Waals surface area (Å²) in [4.78, 5) is 19.9. The van der Waals surface area contributed by atoms with Crippen molar-refractivity contribution in [3.05, 3.63) is 24.3 Å². The fraction of sp³-hybridized carbons (Fsp3) is 0.538. The van der Waals surface area contributed by atoms with Crippen molar-refractivity contribution in [1.82, 2.24) is 0 Å². The minimum Gasteiger partial charge on any atom is -0.545 e. The molecule has 0 unspecified atom stereocenters. The molecule has 6 heteroatoms. The minimum atomic E-state index is -1.19. The molecule has 0 aliphatic carbocycles. The van der Waals surface area contributed by atoms with Crippen molar-refractivity contribution in [2.24, 2.45) is 0 Å². The molecule has 0 bridgehead atoms. The highest BCUT2D eigenvalue weighted by atomic mass is 35.5. The molecule has 0 aromatic heterocycles. The van der Waals surface area contributed by atoms with Crippen LogP contribution in [0.3, 0.4) is 0 Å². The number of carbonyl (C=O) groups is 2. The summed E-state index contributed by atoms with van der Waals surface area (Å²) in [5.74, 6) is -1.50. The average Bonchev–Trinajstić information content (AvgIpc) is 2.15. The Bertz CT molecular complexity index is 301. The lowest BCUT2D eigenvalue weighted by Gasteiger charge is -2.07. The number of hydrogen-bond donors (Lipinski definition) is 0. The van der Waals surface area contributed by atoms with Crippen LogP contribution in [0.5, 0.6) is 0 Å². The third kappa shape index (κ3) is 38.4. The van der Waals surface area contributed by atoms with E-state index in [4.69, 9.17) is 11.8 Å². The Morgan fingerprint density at radius 2 is 1.42 bits per heavy atom. The van der Waals surface area contributed by atoms with Crippen LogP contribution in [-0.2, 0) is 14.3 Å². The molecule has 112 valence electrons. The number of carboxylic acid groups (broad SMARTS) is 1. The van der Waals surface area contributed by atoms with Crippen LogP contribution < -0.4 is 5.11 Å². The van der Waals surface area contributed by atoms with E-state index in [2.05, 4.69) is 17.9 Å². The maximum Gasteiger partial charge on any atom is 0.333 e. The Morgan fingerprint density at radius 3 is 1.47 bits per heavy atom. The molecule has 19 heavy (non-hydrogen) atoms.